The number of halogens is 1. The Kier molecular flexibility index (Phi) is 5.85. The summed E-state index contributed by atoms with van der Waals surface area (Å²) >= 11 is 1.00. The third-order valence-electron chi connectivity index (χ3n) is 4.83. The molecule has 0 spiro atoms. The first-order valence-corrected chi connectivity index (χ1v) is 10.5. The second-order valence-electron chi connectivity index (χ2n) is 6.91. The quantitative estimate of drug-likeness (QED) is 0.345. The number of amides is 2. The van der Waals surface area contributed by atoms with E-state index in [4.69, 9.17) is 4.74 Å². The van der Waals surface area contributed by atoms with Crippen LogP contribution in [0.3, 0.4) is 0 Å². The number of H-pyrrole nitrogens is 1. The number of imide groups is 1. The van der Waals surface area contributed by atoms with Crippen LogP contribution >= 0.6 is 11.8 Å². The average Bonchev–Trinajstić information content (AvgIpc) is 3.34. The lowest BCUT2D eigenvalue weighted by Crippen LogP contribution is -2.31. The van der Waals surface area contributed by atoms with Crippen molar-refractivity contribution in [2.45, 2.75) is 11.7 Å². The van der Waals surface area contributed by atoms with Gasteiger partial charge in [0.2, 0.25) is 11.8 Å². The molecule has 1 atom stereocenters. The summed E-state index contributed by atoms with van der Waals surface area (Å²) in [4.78, 5) is 53.2. The molecule has 0 bridgehead atoms. The third kappa shape index (κ3) is 4.51. The summed E-state index contributed by atoms with van der Waals surface area (Å²) in [5, 5.41) is 0.263. The van der Waals surface area contributed by atoms with Crippen LogP contribution < -0.4 is 4.90 Å². The van der Waals surface area contributed by atoms with Crippen LogP contribution in [-0.4, -0.2) is 46.2 Å². The van der Waals surface area contributed by atoms with Crippen molar-refractivity contribution in [1.82, 2.24) is 4.98 Å². The zero-order valence-corrected chi connectivity index (χ0v) is 17.0. The molecule has 1 fully saturated rings. The van der Waals surface area contributed by atoms with Crippen LogP contribution in [0.4, 0.5) is 10.1 Å². The smallest absolute Gasteiger partial charge is 0.316 e. The maximum absolute atomic E-state index is 12.9. The van der Waals surface area contributed by atoms with E-state index in [0.29, 0.717) is 5.69 Å². The van der Waals surface area contributed by atoms with E-state index in [2.05, 4.69) is 4.98 Å². The number of aromatic nitrogens is 1. The molecule has 3 aromatic rings. The number of nitrogens with zero attached hydrogens (tertiary/aromatic N) is 1. The number of fused-ring (bicyclic) bond motifs is 1. The number of rotatable bonds is 7. The Morgan fingerprint density at radius 2 is 1.90 bits per heavy atom. The van der Waals surface area contributed by atoms with E-state index in [1.165, 1.54) is 12.1 Å². The fourth-order valence-electron chi connectivity index (χ4n) is 3.26. The molecular formula is C22H17FN2O5S. The van der Waals surface area contributed by atoms with Crippen LogP contribution in [0.15, 0.2) is 54.7 Å². The number of esters is 1. The van der Waals surface area contributed by atoms with Gasteiger partial charge in [-0.15, -0.1) is 11.8 Å². The van der Waals surface area contributed by atoms with E-state index < -0.39 is 35.3 Å². The highest BCUT2D eigenvalue weighted by molar-refractivity contribution is 8.01. The highest BCUT2D eigenvalue weighted by Gasteiger charge is 2.40. The van der Waals surface area contributed by atoms with Gasteiger partial charge in [-0.25, -0.2) is 9.29 Å². The summed E-state index contributed by atoms with van der Waals surface area (Å²) in [6.07, 6.45) is 1.75. The summed E-state index contributed by atoms with van der Waals surface area (Å²) in [5.74, 6) is -2.51. The standard InChI is InChI=1S/C22H17FN2O5S/c23-15-4-1-14(2-5-15)18(26)11-30-21(28)12-31-19-10-20(27)25(22(19)29)16-6-3-13-7-8-24-17(13)9-16/h1-9,19,24H,10-12H2. The Labute approximate surface area is 180 Å². The number of hydrogen-bond acceptors (Lipinski definition) is 6. The Morgan fingerprint density at radius 3 is 2.68 bits per heavy atom. The predicted molar refractivity (Wildman–Crippen MR) is 113 cm³/mol. The first-order valence-electron chi connectivity index (χ1n) is 9.42. The van der Waals surface area contributed by atoms with E-state index >= 15 is 0 Å². The number of ketones is 1. The molecule has 158 valence electrons. The minimum atomic E-state index is -0.702. The molecule has 9 heteroatoms. The van der Waals surface area contributed by atoms with Crippen LogP contribution in [0.1, 0.15) is 16.8 Å². The number of carbonyl (C=O) groups is 4. The van der Waals surface area contributed by atoms with Gasteiger partial charge < -0.3 is 9.72 Å². The fraction of sp³-hybridized carbons (Fsp3) is 0.182. The molecule has 2 amide bonds. The number of aromatic amines is 1. The second kappa shape index (κ2) is 8.73. The molecule has 1 unspecified atom stereocenters. The van der Waals surface area contributed by atoms with E-state index in [1.54, 1.807) is 18.3 Å². The van der Waals surface area contributed by atoms with Gasteiger partial charge >= 0.3 is 5.97 Å². The first-order chi connectivity index (χ1) is 14.9. The maximum Gasteiger partial charge on any atom is 0.316 e. The number of anilines is 1. The Bertz CT molecular complexity index is 1170. The largest absolute Gasteiger partial charge is 0.457 e. The van der Waals surface area contributed by atoms with Crippen molar-refractivity contribution in [1.29, 1.82) is 0 Å². The summed E-state index contributed by atoms with van der Waals surface area (Å²) in [5.41, 5.74) is 1.51. The monoisotopic (exact) mass is 440 g/mol. The molecule has 0 radical (unpaired) electrons. The van der Waals surface area contributed by atoms with E-state index in [-0.39, 0.29) is 23.6 Å². The third-order valence-corrected chi connectivity index (χ3v) is 6.01. The van der Waals surface area contributed by atoms with Gasteiger partial charge in [0.1, 0.15) is 5.82 Å². The van der Waals surface area contributed by atoms with E-state index in [1.807, 2.05) is 12.1 Å². The summed E-state index contributed by atoms with van der Waals surface area (Å²) in [6, 6.07) is 12.0. The highest BCUT2D eigenvalue weighted by atomic mass is 32.2. The molecule has 1 aromatic heterocycles. The van der Waals surface area contributed by atoms with E-state index in [9.17, 15) is 23.6 Å². The topological polar surface area (TPSA) is 96.5 Å². The van der Waals surface area contributed by atoms with Gasteiger partial charge in [0.25, 0.3) is 0 Å². The molecule has 2 aromatic carbocycles. The molecule has 1 N–H and O–H groups in total. The number of thioether (sulfide) groups is 1. The SMILES string of the molecule is O=C(CSC1CC(=O)N(c2ccc3cc[nH]c3c2)C1=O)OCC(=O)c1ccc(F)cc1. The van der Waals surface area contributed by atoms with Gasteiger partial charge in [-0.2, -0.15) is 0 Å². The minimum absolute atomic E-state index is 0.0198. The molecule has 0 aliphatic carbocycles. The lowest BCUT2D eigenvalue weighted by atomic mass is 10.1. The summed E-state index contributed by atoms with van der Waals surface area (Å²) in [7, 11) is 0. The van der Waals surface area contributed by atoms with Gasteiger partial charge in [0.15, 0.2) is 12.4 Å². The van der Waals surface area contributed by atoms with Crippen molar-refractivity contribution in [2.24, 2.45) is 0 Å². The van der Waals surface area contributed by atoms with Crippen LogP contribution in [0.2, 0.25) is 0 Å². The number of carbonyl (C=O) groups excluding carboxylic acids is 4. The molecule has 7 nitrogen and oxygen atoms in total. The highest BCUT2D eigenvalue weighted by Crippen LogP contribution is 2.31. The molecule has 0 saturated carbocycles. The lowest BCUT2D eigenvalue weighted by molar-refractivity contribution is -0.139. The first kappa shape index (κ1) is 20.8. The van der Waals surface area contributed by atoms with Crippen LogP contribution in [0.5, 0.6) is 0 Å². The van der Waals surface area contributed by atoms with Gasteiger partial charge in [0.05, 0.1) is 16.7 Å². The van der Waals surface area contributed by atoms with Crippen LogP contribution in [0.25, 0.3) is 10.9 Å². The number of ether oxygens (including phenoxy) is 1. The molecule has 2 heterocycles. The molecule has 4 rings (SSSR count). The molecular weight excluding hydrogens is 423 g/mol. The van der Waals surface area contributed by atoms with Crippen molar-refractivity contribution < 1.29 is 28.3 Å². The van der Waals surface area contributed by atoms with Crippen molar-refractivity contribution in [3.8, 4) is 0 Å². The molecule has 1 saturated heterocycles. The summed E-state index contributed by atoms with van der Waals surface area (Å²) < 4.78 is 17.8. The zero-order valence-electron chi connectivity index (χ0n) is 16.2. The minimum Gasteiger partial charge on any atom is -0.457 e. The normalized spacial score (nSPS) is 16.2. The Hall–Kier alpha value is -3.46. The van der Waals surface area contributed by atoms with Gasteiger partial charge in [0, 0.05) is 23.7 Å². The van der Waals surface area contributed by atoms with Gasteiger partial charge in [-0.1, -0.05) is 6.07 Å². The molecule has 31 heavy (non-hydrogen) atoms. The zero-order chi connectivity index (χ0) is 22.0. The number of benzene rings is 2. The van der Waals surface area contributed by atoms with Crippen molar-refractivity contribution in [3.05, 3.63) is 66.1 Å². The summed E-state index contributed by atoms with van der Waals surface area (Å²) in [6.45, 7) is -0.481. The van der Waals surface area contributed by atoms with Crippen LogP contribution in [-0.2, 0) is 19.1 Å². The number of hydrogen-bond donors (Lipinski definition) is 1. The van der Waals surface area contributed by atoms with Crippen molar-refractivity contribution in [2.75, 3.05) is 17.3 Å². The number of nitrogens with one attached hydrogen (secondary N) is 1. The number of Topliss-reactive ketones (excluding diaryl/α,β-unsaturated/α-hetero) is 1. The Balaban J connectivity index is 1.31. The molecule has 1 aliphatic heterocycles. The van der Waals surface area contributed by atoms with Crippen LogP contribution in [0, 0.1) is 5.82 Å². The fourth-order valence-corrected chi connectivity index (χ4v) is 4.18. The Morgan fingerprint density at radius 1 is 1.13 bits per heavy atom. The van der Waals surface area contributed by atoms with Gasteiger partial charge in [-0.3, -0.25) is 19.2 Å². The van der Waals surface area contributed by atoms with Crippen molar-refractivity contribution >= 4 is 51.9 Å². The van der Waals surface area contributed by atoms with Crippen molar-refractivity contribution in [3.63, 3.8) is 0 Å². The second-order valence-corrected chi connectivity index (χ2v) is 8.10. The molecule has 1 aliphatic rings. The average molecular weight is 440 g/mol. The maximum atomic E-state index is 12.9. The predicted octanol–water partition coefficient (Wildman–Crippen LogP) is 3.10. The van der Waals surface area contributed by atoms with Gasteiger partial charge in [-0.05, 0) is 47.9 Å². The van der Waals surface area contributed by atoms with E-state index in [0.717, 1.165) is 39.7 Å². The lowest BCUT2D eigenvalue weighted by Gasteiger charge is -2.15.